The molecule has 1 heterocycles. The molecule has 96 valence electrons. The Morgan fingerprint density at radius 3 is 2.72 bits per heavy atom. The third kappa shape index (κ3) is 1.99. The van der Waals surface area contributed by atoms with Crippen LogP contribution in [-0.2, 0) is 0 Å². The molecule has 1 aliphatic heterocycles. The fourth-order valence-corrected chi connectivity index (χ4v) is 2.83. The van der Waals surface area contributed by atoms with Crippen LogP contribution in [0.25, 0.3) is 0 Å². The largest absolute Gasteiger partial charge is 0.352 e. The second kappa shape index (κ2) is 4.31. The van der Waals surface area contributed by atoms with Crippen molar-refractivity contribution < 1.29 is 13.6 Å². The van der Waals surface area contributed by atoms with Crippen molar-refractivity contribution in [1.82, 2.24) is 10.6 Å². The quantitative estimate of drug-likeness (QED) is 0.847. The molecule has 1 amide bonds. The minimum absolute atomic E-state index is 0.0969. The maximum absolute atomic E-state index is 13.4. The number of benzene rings is 1. The number of hydrogen-bond acceptors (Lipinski definition) is 2. The van der Waals surface area contributed by atoms with E-state index in [2.05, 4.69) is 10.6 Å². The van der Waals surface area contributed by atoms with Crippen LogP contribution in [0.5, 0.6) is 0 Å². The summed E-state index contributed by atoms with van der Waals surface area (Å²) in [5.41, 5.74) is -0.0969. The lowest BCUT2D eigenvalue weighted by atomic mass is 10.2. The van der Waals surface area contributed by atoms with Crippen molar-refractivity contribution in [1.29, 1.82) is 0 Å². The SMILES string of the molecule is O=C(NCC1C2CNCC21)c1ccc(F)cc1F. The highest BCUT2D eigenvalue weighted by atomic mass is 19.1. The molecule has 2 aliphatic rings. The number of rotatable bonds is 3. The first kappa shape index (κ1) is 11.6. The Kier molecular flexibility index (Phi) is 2.78. The smallest absolute Gasteiger partial charge is 0.254 e. The number of hydrogen-bond donors (Lipinski definition) is 2. The van der Waals surface area contributed by atoms with Gasteiger partial charge in [-0.3, -0.25) is 4.79 Å². The third-order valence-electron chi connectivity index (χ3n) is 3.94. The van der Waals surface area contributed by atoms with Crippen LogP contribution in [0.4, 0.5) is 8.78 Å². The van der Waals surface area contributed by atoms with Gasteiger partial charge in [0.05, 0.1) is 5.56 Å². The van der Waals surface area contributed by atoms with Gasteiger partial charge in [-0.15, -0.1) is 0 Å². The maximum atomic E-state index is 13.4. The molecule has 1 saturated carbocycles. The van der Waals surface area contributed by atoms with Crippen molar-refractivity contribution in [3.05, 3.63) is 35.4 Å². The lowest BCUT2D eigenvalue weighted by Crippen LogP contribution is -2.29. The third-order valence-corrected chi connectivity index (χ3v) is 3.94. The molecule has 1 saturated heterocycles. The first-order valence-electron chi connectivity index (χ1n) is 6.11. The van der Waals surface area contributed by atoms with Gasteiger partial charge in [0, 0.05) is 12.6 Å². The van der Waals surface area contributed by atoms with Crippen LogP contribution >= 0.6 is 0 Å². The van der Waals surface area contributed by atoms with Gasteiger partial charge in [0.1, 0.15) is 11.6 Å². The van der Waals surface area contributed by atoms with E-state index in [1.165, 1.54) is 6.07 Å². The number of nitrogens with one attached hydrogen (secondary N) is 2. The Hall–Kier alpha value is -1.49. The number of amides is 1. The molecule has 3 rings (SSSR count). The van der Waals surface area contributed by atoms with E-state index in [4.69, 9.17) is 0 Å². The zero-order valence-corrected chi connectivity index (χ0v) is 9.75. The monoisotopic (exact) mass is 252 g/mol. The number of piperidine rings is 1. The Bertz CT molecular complexity index is 482. The van der Waals surface area contributed by atoms with Gasteiger partial charge in [-0.1, -0.05) is 0 Å². The lowest BCUT2D eigenvalue weighted by Gasteiger charge is -2.07. The summed E-state index contributed by atoms with van der Waals surface area (Å²) in [5, 5.41) is 5.99. The van der Waals surface area contributed by atoms with Crippen LogP contribution in [0.2, 0.25) is 0 Å². The molecule has 5 heteroatoms. The molecule has 0 aromatic heterocycles. The molecule has 2 fully saturated rings. The normalized spacial score (nSPS) is 28.9. The molecule has 0 bridgehead atoms. The van der Waals surface area contributed by atoms with Crippen molar-refractivity contribution in [2.75, 3.05) is 19.6 Å². The maximum Gasteiger partial charge on any atom is 0.254 e. The highest BCUT2D eigenvalue weighted by Gasteiger charge is 2.52. The molecule has 18 heavy (non-hydrogen) atoms. The van der Waals surface area contributed by atoms with Crippen molar-refractivity contribution in [2.24, 2.45) is 17.8 Å². The summed E-state index contributed by atoms with van der Waals surface area (Å²) >= 11 is 0. The molecule has 3 nitrogen and oxygen atoms in total. The molecular formula is C13H14F2N2O. The Morgan fingerprint density at radius 2 is 2.06 bits per heavy atom. The topological polar surface area (TPSA) is 41.1 Å². The zero-order valence-electron chi connectivity index (χ0n) is 9.75. The van der Waals surface area contributed by atoms with Crippen molar-refractivity contribution in [3.8, 4) is 0 Å². The van der Waals surface area contributed by atoms with Gasteiger partial charge in [0.15, 0.2) is 0 Å². The highest BCUT2D eigenvalue weighted by Crippen LogP contribution is 2.47. The van der Waals surface area contributed by atoms with E-state index in [1.807, 2.05) is 0 Å². The van der Waals surface area contributed by atoms with E-state index in [0.29, 0.717) is 24.3 Å². The summed E-state index contributed by atoms with van der Waals surface area (Å²) in [5.74, 6) is -0.132. The number of fused-ring (bicyclic) bond motifs is 1. The molecule has 2 unspecified atom stereocenters. The lowest BCUT2D eigenvalue weighted by molar-refractivity contribution is 0.0946. The summed E-state index contributed by atoms with van der Waals surface area (Å²) in [6.07, 6.45) is 0. The molecule has 1 aliphatic carbocycles. The summed E-state index contributed by atoms with van der Waals surface area (Å²) in [4.78, 5) is 11.7. The minimum Gasteiger partial charge on any atom is -0.352 e. The second-order valence-corrected chi connectivity index (χ2v) is 4.98. The van der Waals surface area contributed by atoms with Crippen LogP contribution in [-0.4, -0.2) is 25.5 Å². The molecular weight excluding hydrogens is 238 g/mol. The number of carbonyl (C=O) groups excluding carboxylic acids is 1. The van der Waals surface area contributed by atoms with Crippen LogP contribution in [0, 0.1) is 29.4 Å². The standard InChI is InChI=1S/C13H14F2N2O/c14-7-1-2-8(12(15)3-7)13(18)17-6-11-9-4-16-5-10(9)11/h1-3,9-11,16H,4-6H2,(H,17,18). The molecule has 1 aromatic rings. The van der Waals surface area contributed by atoms with Gasteiger partial charge in [-0.05, 0) is 43.0 Å². The predicted molar refractivity (Wildman–Crippen MR) is 62.0 cm³/mol. The highest BCUT2D eigenvalue weighted by molar-refractivity contribution is 5.94. The summed E-state index contributed by atoms with van der Waals surface area (Å²) < 4.78 is 26.1. The molecule has 0 spiro atoms. The van der Waals surface area contributed by atoms with E-state index in [0.717, 1.165) is 25.2 Å². The first-order valence-corrected chi connectivity index (χ1v) is 6.11. The van der Waals surface area contributed by atoms with E-state index in [-0.39, 0.29) is 5.56 Å². The van der Waals surface area contributed by atoms with E-state index in [1.54, 1.807) is 0 Å². The van der Waals surface area contributed by atoms with Crippen LogP contribution in [0.15, 0.2) is 18.2 Å². The molecule has 0 radical (unpaired) electrons. The van der Waals surface area contributed by atoms with Gasteiger partial charge in [0.2, 0.25) is 0 Å². The molecule has 1 aromatic carbocycles. The average Bonchev–Trinajstić information content (AvgIpc) is 2.77. The summed E-state index contributed by atoms with van der Waals surface area (Å²) in [6, 6.07) is 2.99. The Morgan fingerprint density at radius 1 is 1.33 bits per heavy atom. The minimum atomic E-state index is -0.815. The van der Waals surface area contributed by atoms with Gasteiger partial charge < -0.3 is 10.6 Å². The molecule has 2 atom stereocenters. The fraction of sp³-hybridized carbons (Fsp3) is 0.462. The fourth-order valence-electron chi connectivity index (χ4n) is 2.83. The van der Waals surface area contributed by atoms with Crippen molar-refractivity contribution in [3.63, 3.8) is 0 Å². The predicted octanol–water partition coefficient (Wildman–Crippen LogP) is 1.16. The Labute approximate surface area is 104 Å². The van der Waals surface area contributed by atoms with Gasteiger partial charge >= 0.3 is 0 Å². The van der Waals surface area contributed by atoms with Gasteiger partial charge in [-0.25, -0.2) is 8.78 Å². The van der Waals surface area contributed by atoms with E-state index in [9.17, 15) is 13.6 Å². The van der Waals surface area contributed by atoms with Crippen molar-refractivity contribution in [2.45, 2.75) is 0 Å². The van der Waals surface area contributed by atoms with Crippen molar-refractivity contribution >= 4 is 5.91 Å². The summed E-state index contributed by atoms with van der Waals surface area (Å²) in [6.45, 7) is 2.60. The van der Waals surface area contributed by atoms with Crippen LogP contribution < -0.4 is 10.6 Å². The average molecular weight is 252 g/mol. The zero-order chi connectivity index (χ0) is 12.7. The van der Waals surface area contributed by atoms with Gasteiger partial charge in [-0.2, -0.15) is 0 Å². The summed E-state index contributed by atoms with van der Waals surface area (Å²) in [7, 11) is 0. The van der Waals surface area contributed by atoms with E-state index < -0.39 is 17.5 Å². The van der Waals surface area contributed by atoms with E-state index >= 15 is 0 Å². The number of carbonyl (C=O) groups is 1. The molecule has 2 N–H and O–H groups in total. The number of halogens is 2. The van der Waals surface area contributed by atoms with Gasteiger partial charge in [0.25, 0.3) is 5.91 Å². The van der Waals surface area contributed by atoms with Crippen LogP contribution in [0.3, 0.4) is 0 Å². The Balaban J connectivity index is 1.58. The second-order valence-electron chi connectivity index (χ2n) is 4.98. The van der Waals surface area contributed by atoms with Crippen LogP contribution in [0.1, 0.15) is 10.4 Å². The first-order chi connectivity index (χ1) is 8.66.